The number of thiol groups is 1. The van der Waals surface area contributed by atoms with Gasteiger partial charge in [0.25, 0.3) is 0 Å². The van der Waals surface area contributed by atoms with Crippen LogP contribution in [0.25, 0.3) is 12.2 Å². The lowest BCUT2D eigenvalue weighted by atomic mass is 10.1. The van der Waals surface area contributed by atoms with Crippen molar-refractivity contribution in [1.82, 2.24) is 0 Å². The molecule has 0 N–H and O–H groups in total. The Morgan fingerprint density at radius 1 is 1.05 bits per heavy atom. The number of aromatic nitrogens is 1. The molecule has 2 rings (SSSR count). The predicted molar refractivity (Wildman–Crippen MR) is 90.0 cm³/mol. The van der Waals surface area contributed by atoms with Gasteiger partial charge in [-0.2, -0.15) is 4.57 Å². The van der Waals surface area contributed by atoms with Crippen molar-refractivity contribution in [3.63, 3.8) is 0 Å². The summed E-state index contributed by atoms with van der Waals surface area (Å²) < 4.78 is 2.06. The van der Waals surface area contributed by atoms with Crippen LogP contribution in [0.4, 0.5) is 5.69 Å². The fourth-order valence-corrected chi connectivity index (χ4v) is 2.19. The SMILES string of the molecule is CC(S)[n+]1ccc(/C=C/c2ccccc2N(C)C)cc1.[Cl-]. The van der Waals surface area contributed by atoms with Crippen LogP contribution in [0.3, 0.4) is 0 Å². The Kier molecular flexibility index (Phi) is 6.79. The van der Waals surface area contributed by atoms with E-state index in [1.807, 2.05) is 6.92 Å². The quantitative estimate of drug-likeness (QED) is 0.642. The number of hydrogen-bond acceptors (Lipinski definition) is 2. The molecule has 112 valence electrons. The highest BCUT2D eigenvalue weighted by Crippen LogP contribution is 2.20. The van der Waals surface area contributed by atoms with Crippen molar-refractivity contribution in [2.45, 2.75) is 12.3 Å². The van der Waals surface area contributed by atoms with Crippen LogP contribution in [-0.2, 0) is 0 Å². The van der Waals surface area contributed by atoms with Crippen LogP contribution in [0.5, 0.6) is 0 Å². The van der Waals surface area contributed by atoms with E-state index < -0.39 is 0 Å². The van der Waals surface area contributed by atoms with Gasteiger partial charge in [0.15, 0.2) is 17.8 Å². The maximum Gasteiger partial charge on any atom is 0.198 e. The third-order valence-corrected chi connectivity index (χ3v) is 3.45. The van der Waals surface area contributed by atoms with Gasteiger partial charge in [-0.25, -0.2) is 0 Å². The second-order valence-electron chi connectivity index (χ2n) is 5.00. The normalized spacial score (nSPS) is 12.0. The van der Waals surface area contributed by atoms with Crippen LogP contribution in [0, 0.1) is 0 Å². The number of hydrogen-bond donors (Lipinski definition) is 1. The van der Waals surface area contributed by atoms with Gasteiger partial charge < -0.3 is 17.3 Å². The Labute approximate surface area is 138 Å². The summed E-state index contributed by atoms with van der Waals surface area (Å²) in [5, 5.41) is 0.197. The number of anilines is 1. The molecule has 4 heteroatoms. The average molecular weight is 321 g/mol. The van der Waals surface area contributed by atoms with Gasteiger partial charge in [0.05, 0.1) is 0 Å². The highest BCUT2D eigenvalue weighted by atomic mass is 35.5. The molecule has 0 amide bonds. The number of halogens is 1. The Bertz CT molecular complexity index is 592. The van der Waals surface area contributed by atoms with Crippen LogP contribution in [-0.4, -0.2) is 14.1 Å². The minimum absolute atomic E-state index is 0. The minimum atomic E-state index is 0. The van der Waals surface area contributed by atoms with Crippen LogP contribution >= 0.6 is 12.6 Å². The molecule has 0 spiro atoms. The van der Waals surface area contributed by atoms with Gasteiger partial charge in [-0.1, -0.05) is 30.4 Å². The second kappa shape index (κ2) is 8.11. The molecule has 0 fully saturated rings. The smallest absolute Gasteiger partial charge is 0.198 e. The predicted octanol–water partition coefficient (Wildman–Crippen LogP) is 0.663. The summed E-state index contributed by atoms with van der Waals surface area (Å²) in [6.45, 7) is 2.05. The van der Waals surface area contributed by atoms with E-state index in [2.05, 4.69) is 97.1 Å². The van der Waals surface area contributed by atoms with E-state index in [-0.39, 0.29) is 17.8 Å². The average Bonchev–Trinajstić information content (AvgIpc) is 2.45. The summed E-state index contributed by atoms with van der Waals surface area (Å²) in [4.78, 5) is 2.13. The molecule has 1 aromatic carbocycles. The van der Waals surface area contributed by atoms with E-state index in [4.69, 9.17) is 0 Å². The summed E-state index contributed by atoms with van der Waals surface area (Å²) in [6.07, 6.45) is 8.39. The van der Waals surface area contributed by atoms with Crippen molar-refractivity contribution >= 4 is 30.5 Å². The number of benzene rings is 1. The number of rotatable bonds is 4. The van der Waals surface area contributed by atoms with E-state index in [1.54, 1.807) is 0 Å². The van der Waals surface area contributed by atoms with Crippen LogP contribution in [0.1, 0.15) is 23.4 Å². The van der Waals surface area contributed by atoms with Crippen molar-refractivity contribution < 1.29 is 17.0 Å². The molecule has 0 radical (unpaired) electrons. The van der Waals surface area contributed by atoms with Gasteiger partial charge in [-0.3, -0.25) is 0 Å². The number of para-hydroxylation sites is 1. The van der Waals surface area contributed by atoms with Gasteiger partial charge in [0.1, 0.15) is 0 Å². The van der Waals surface area contributed by atoms with Crippen molar-refractivity contribution in [3.8, 4) is 0 Å². The van der Waals surface area contributed by atoms with Crippen LogP contribution < -0.4 is 21.9 Å². The number of nitrogens with zero attached hydrogens (tertiary/aromatic N) is 2. The molecule has 0 aliphatic heterocycles. The van der Waals surface area contributed by atoms with Crippen molar-refractivity contribution in [2.75, 3.05) is 19.0 Å². The zero-order valence-corrected chi connectivity index (χ0v) is 14.2. The van der Waals surface area contributed by atoms with E-state index in [0.717, 1.165) is 0 Å². The molecule has 0 bridgehead atoms. The Hall–Kier alpha value is -1.45. The molecular weight excluding hydrogens is 300 g/mol. The van der Waals surface area contributed by atoms with Crippen LogP contribution in [0.15, 0.2) is 48.8 Å². The largest absolute Gasteiger partial charge is 1.00 e. The molecule has 1 atom stereocenters. The molecule has 0 aliphatic rings. The van der Waals surface area contributed by atoms with Gasteiger partial charge >= 0.3 is 0 Å². The standard InChI is InChI=1S/C17H20N2S.ClH/c1-14(20)19-12-10-15(11-13-19)8-9-16-6-4-5-7-17(16)18(2)3;/h4-14H,1-3H3;1H. The van der Waals surface area contributed by atoms with E-state index >= 15 is 0 Å². The van der Waals surface area contributed by atoms with Gasteiger partial charge in [-0.05, 0) is 17.2 Å². The van der Waals surface area contributed by atoms with Gasteiger partial charge in [0.2, 0.25) is 0 Å². The molecule has 21 heavy (non-hydrogen) atoms. The Morgan fingerprint density at radius 2 is 1.67 bits per heavy atom. The summed E-state index contributed by atoms with van der Waals surface area (Å²) in [6, 6.07) is 12.6. The van der Waals surface area contributed by atoms with E-state index in [9.17, 15) is 0 Å². The lowest BCUT2D eigenvalue weighted by molar-refractivity contribution is -0.696. The Morgan fingerprint density at radius 3 is 2.24 bits per heavy atom. The van der Waals surface area contributed by atoms with Crippen LogP contribution in [0.2, 0.25) is 0 Å². The second-order valence-corrected chi connectivity index (χ2v) is 5.74. The fraction of sp³-hybridized carbons (Fsp3) is 0.235. The van der Waals surface area contributed by atoms with E-state index in [0.29, 0.717) is 0 Å². The van der Waals surface area contributed by atoms with Crippen molar-refractivity contribution in [1.29, 1.82) is 0 Å². The monoisotopic (exact) mass is 320 g/mol. The molecule has 1 aromatic heterocycles. The highest BCUT2D eigenvalue weighted by Gasteiger charge is 2.04. The summed E-state index contributed by atoms with van der Waals surface area (Å²) >= 11 is 4.41. The summed E-state index contributed by atoms with van der Waals surface area (Å²) in [5.41, 5.74) is 3.62. The lowest BCUT2D eigenvalue weighted by Gasteiger charge is -2.15. The number of pyridine rings is 1. The summed E-state index contributed by atoms with van der Waals surface area (Å²) in [5.74, 6) is 0. The molecule has 2 nitrogen and oxygen atoms in total. The van der Waals surface area contributed by atoms with Gasteiger partial charge in [-0.15, -0.1) is 12.6 Å². The molecule has 0 aliphatic carbocycles. The molecule has 0 saturated carbocycles. The molecular formula is C17H21ClN2S. The zero-order chi connectivity index (χ0) is 14.5. The first-order chi connectivity index (χ1) is 9.58. The molecule has 1 unspecified atom stereocenters. The maximum atomic E-state index is 4.41. The van der Waals surface area contributed by atoms with Gasteiger partial charge in [0, 0.05) is 38.8 Å². The fourth-order valence-electron chi connectivity index (χ4n) is 2.03. The first-order valence-corrected chi connectivity index (χ1v) is 7.23. The first-order valence-electron chi connectivity index (χ1n) is 6.71. The molecule has 0 saturated heterocycles. The maximum absolute atomic E-state index is 4.41. The first kappa shape index (κ1) is 17.6. The lowest BCUT2D eigenvalue weighted by Crippen LogP contribution is -3.00. The Balaban J connectivity index is 0.00000220. The van der Waals surface area contributed by atoms with Crippen molar-refractivity contribution in [2.24, 2.45) is 0 Å². The zero-order valence-electron chi connectivity index (χ0n) is 12.6. The summed E-state index contributed by atoms with van der Waals surface area (Å²) in [7, 11) is 4.12. The minimum Gasteiger partial charge on any atom is -1.00 e. The topological polar surface area (TPSA) is 7.12 Å². The molecule has 2 aromatic rings. The van der Waals surface area contributed by atoms with E-state index in [1.165, 1.54) is 16.8 Å². The highest BCUT2D eigenvalue weighted by molar-refractivity contribution is 7.80. The third kappa shape index (κ3) is 4.80. The third-order valence-electron chi connectivity index (χ3n) is 3.18. The van der Waals surface area contributed by atoms with Crippen molar-refractivity contribution in [3.05, 3.63) is 59.9 Å². The molecule has 1 heterocycles.